The normalized spacial score (nSPS) is 21.6. The molecule has 1 aromatic rings. The maximum Gasteiger partial charge on any atom is 0.316 e. The third-order valence-corrected chi connectivity index (χ3v) is 3.77. The minimum absolute atomic E-state index is 0.107. The third kappa shape index (κ3) is 3.48. The van der Waals surface area contributed by atoms with Gasteiger partial charge in [0.25, 0.3) is 0 Å². The van der Waals surface area contributed by atoms with E-state index in [0.717, 1.165) is 18.4 Å². The second-order valence-corrected chi connectivity index (χ2v) is 5.34. The SMILES string of the molecule is COC(=O)C1CCCC/C(=C\c2ccc(Cl)cc2)C1=O. The summed E-state index contributed by atoms with van der Waals surface area (Å²) in [6.45, 7) is 0. The fourth-order valence-electron chi connectivity index (χ4n) is 2.41. The van der Waals surface area contributed by atoms with E-state index in [9.17, 15) is 9.59 Å². The Morgan fingerprint density at radius 1 is 1.30 bits per heavy atom. The lowest BCUT2D eigenvalue weighted by Gasteiger charge is -2.11. The summed E-state index contributed by atoms with van der Waals surface area (Å²) in [7, 11) is 1.32. The lowest BCUT2D eigenvalue weighted by atomic mass is 9.95. The quantitative estimate of drug-likeness (QED) is 0.362. The van der Waals surface area contributed by atoms with Gasteiger partial charge in [-0.25, -0.2) is 0 Å². The second kappa shape index (κ2) is 6.71. The highest BCUT2D eigenvalue weighted by Gasteiger charge is 2.31. The predicted molar refractivity (Wildman–Crippen MR) is 78.4 cm³/mol. The highest BCUT2D eigenvalue weighted by Crippen LogP contribution is 2.27. The average molecular weight is 293 g/mol. The lowest BCUT2D eigenvalue weighted by molar-refractivity contribution is -0.148. The highest BCUT2D eigenvalue weighted by molar-refractivity contribution is 6.30. The molecule has 1 aliphatic carbocycles. The van der Waals surface area contributed by atoms with Gasteiger partial charge in [-0.1, -0.05) is 30.2 Å². The van der Waals surface area contributed by atoms with Gasteiger partial charge in [0.2, 0.25) is 0 Å². The van der Waals surface area contributed by atoms with Gasteiger partial charge in [-0.15, -0.1) is 0 Å². The molecular weight excluding hydrogens is 276 g/mol. The van der Waals surface area contributed by atoms with E-state index < -0.39 is 11.9 Å². The predicted octanol–water partition coefficient (Wildman–Crippen LogP) is 3.66. The van der Waals surface area contributed by atoms with Crippen molar-refractivity contribution in [2.24, 2.45) is 5.92 Å². The Morgan fingerprint density at radius 3 is 2.65 bits per heavy atom. The molecule has 0 N–H and O–H groups in total. The molecule has 2 rings (SSSR count). The van der Waals surface area contributed by atoms with Crippen LogP contribution in [0.3, 0.4) is 0 Å². The molecular formula is C16H17ClO3. The van der Waals surface area contributed by atoms with Crippen molar-refractivity contribution < 1.29 is 14.3 Å². The van der Waals surface area contributed by atoms with Crippen LogP contribution in [0.15, 0.2) is 29.8 Å². The van der Waals surface area contributed by atoms with Crippen LogP contribution < -0.4 is 0 Å². The molecule has 0 saturated heterocycles. The molecule has 0 aliphatic heterocycles. The van der Waals surface area contributed by atoms with Gasteiger partial charge >= 0.3 is 5.97 Å². The Morgan fingerprint density at radius 2 is 2.00 bits per heavy atom. The van der Waals surface area contributed by atoms with Crippen LogP contribution in [0.4, 0.5) is 0 Å². The standard InChI is InChI=1S/C16H17ClO3/c1-20-16(19)14-5-3-2-4-12(15(14)18)10-11-6-8-13(17)9-7-11/h6-10,14H,2-5H2,1H3/b12-10+. The van der Waals surface area contributed by atoms with Crippen molar-refractivity contribution in [1.82, 2.24) is 0 Å². The number of ether oxygens (including phenoxy) is 1. The van der Waals surface area contributed by atoms with E-state index in [1.165, 1.54) is 7.11 Å². The number of rotatable bonds is 2. The molecule has 3 nitrogen and oxygen atoms in total. The molecule has 106 valence electrons. The summed E-state index contributed by atoms with van der Waals surface area (Å²) < 4.78 is 4.73. The van der Waals surface area contributed by atoms with Crippen LogP contribution in [0, 0.1) is 5.92 Å². The summed E-state index contributed by atoms with van der Waals surface area (Å²) in [4.78, 5) is 24.1. The first-order valence-corrected chi connectivity index (χ1v) is 7.08. The summed E-state index contributed by atoms with van der Waals surface area (Å²) >= 11 is 5.84. The van der Waals surface area contributed by atoms with E-state index in [-0.39, 0.29) is 5.78 Å². The van der Waals surface area contributed by atoms with Crippen molar-refractivity contribution in [2.75, 3.05) is 7.11 Å². The van der Waals surface area contributed by atoms with Gasteiger partial charge in [-0.3, -0.25) is 9.59 Å². The van der Waals surface area contributed by atoms with Gasteiger partial charge in [-0.05, 0) is 48.6 Å². The van der Waals surface area contributed by atoms with Crippen molar-refractivity contribution in [3.05, 3.63) is 40.4 Å². The Kier molecular flexibility index (Phi) is 4.96. The van der Waals surface area contributed by atoms with E-state index in [1.807, 2.05) is 18.2 Å². The van der Waals surface area contributed by atoms with Crippen LogP contribution in [0.2, 0.25) is 5.02 Å². The molecule has 0 radical (unpaired) electrons. The van der Waals surface area contributed by atoms with Crippen molar-refractivity contribution in [2.45, 2.75) is 25.7 Å². The average Bonchev–Trinajstić information content (AvgIpc) is 2.63. The maximum absolute atomic E-state index is 12.4. The Bertz CT molecular complexity index is 531. The number of carbonyl (C=O) groups excluding carboxylic acids is 2. The minimum atomic E-state index is -0.652. The number of benzene rings is 1. The third-order valence-electron chi connectivity index (χ3n) is 3.52. The molecule has 1 fully saturated rings. The van der Waals surface area contributed by atoms with Crippen LogP contribution in [-0.2, 0) is 14.3 Å². The number of ketones is 1. The van der Waals surface area contributed by atoms with E-state index in [4.69, 9.17) is 16.3 Å². The number of hydrogen-bond donors (Lipinski definition) is 0. The van der Waals surface area contributed by atoms with Crippen molar-refractivity contribution in [3.63, 3.8) is 0 Å². The summed E-state index contributed by atoms with van der Waals surface area (Å²) in [5, 5.41) is 0.659. The summed E-state index contributed by atoms with van der Waals surface area (Å²) in [6.07, 6.45) is 4.90. The largest absolute Gasteiger partial charge is 0.468 e. The van der Waals surface area contributed by atoms with Crippen molar-refractivity contribution in [3.8, 4) is 0 Å². The van der Waals surface area contributed by atoms with Crippen LogP contribution in [0.1, 0.15) is 31.2 Å². The molecule has 0 amide bonds. The van der Waals surface area contributed by atoms with Crippen molar-refractivity contribution >= 4 is 29.4 Å². The molecule has 0 heterocycles. The lowest BCUT2D eigenvalue weighted by Crippen LogP contribution is -2.25. The fraction of sp³-hybridized carbons (Fsp3) is 0.375. The molecule has 0 aromatic heterocycles. The number of allylic oxidation sites excluding steroid dienone is 1. The Labute approximate surface area is 123 Å². The van der Waals surface area contributed by atoms with E-state index in [1.54, 1.807) is 12.1 Å². The molecule has 20 heavy (non-hydrogen) atoms. The molecule has 1 saturated carbocycles. The first-order valence-electron chi connectivity index (χ1n) is 6.70. The fourth-order valence-corrected chi connectivity index (χ4v) is 2.54. The number of Topliss-reactive ketones (excluding diaryl/α,β-unsaturated/α-hetero) is 1. The monoisotopic (exact) mass is 292 g/mol. The number of halogens is 1. The molecule has 1 aliphatic rings. The summed E-state index contributed by atoms with van der Waals surface area (Å²) in [5.41, 5.74) is 1.61. The first-order chi connectivity index (χ1) is 9.61. The molecule has 0 bridgehead atoms. The maximum atomic E-state index is 12.4. The van der Waals surface area contributed by atoms with Crippen LogP contribution in [-0.4, -0.2) is 18.9 Å². The zero-order chi connectivity index (χ0) is 14.5. The number of methoxy groups -OCH3 is 1. The van der Waals surface area contributed by atoms with Gasteiger partial charge < -0.3 is 4.74 Å². The number of hydrogen-bond acceptors (Lipinski definition) is 3. The highest BCUT2D eigenvalue weighted by atomic mass is 35.5. The molecule has 4 heteroatoms. The van der Waals surface area contributed by atoms with Crippen molar-refractivity contribution in [1.29, 1.82) is 0 Å². The smallest absolute Gasteiger partial charge is 0.316 e. The van der Waals surface area contributed by atoms with E-state index in [2.05, 4.69) is 0 Å². The summed E-state index contributed by atoms with van der Waals surface area (Å²) in [5.74, 6) is -1.19. The van der Waals surface area contributed by atoms with Crippen LogP contribution in [0.25, 0.3) is 6.08 Å². The molecule has 1 unspecified atom stereocenters. The molecule has 0 spiro atoms. The van der Waals surface area contributed by atoms with Gasteiger partial charge in [0.15, 0.2) is 5.78 Å². The minimum Gasteiger partial charge on any atom is -0.468 e. The second-order valence-electron chi connectivity index (χ2n) is 4.91. The van der Waals surface area contributed by atoms with E-state index in [0.29, 0.717) is 23.4 Å². The Balaban J connectivity index is 2.26. The Hall–Kier alpha value is -1.61. The zero-order valence-corrected chi connectivity index (χ0v) is 12.2. The molecule has 1 atom stereocenters. The van der Waals surface area contributed by atoms with Crippen LogP contribution in [0.5, 0.6) is 0 Å². The van der Waals surface area contributed by atoms with Gasteiger partial charge in [0.05, 0.1) is 7.11 Å². The number of esters is 1. The first kappa shape index (κ1) is 14.8. The van der Waals surface area contributed by atoms with Gasteiger partial charge in [-0.2, -0.15) is 0 Å². The summed E-state index contributed by atoms with van der Waals surface area (Å²) in [6, 6.07) is 7.29. The topological polar surface area (TPSA) is 43.4 Å². The molecule has 1 aromatic carbocycles. The van der Waals surface area contributed by atoms with Gasteiger partial charge in [0, 0.05) is 5.02 Å². The number of carbonyl (C=O) groups is 2. The van der Waals surface area contributed by atoms with Gasteiger partial charge in [0.1, 0.15) is 5.92 Å². The van der Waals surface area contributed by atoms with Crippen LogP contribution >= 0.6 is 11.6 Å². The zero-order valence-electron chi connectivity index (χ0n) is 11.4. The van der Waals surface area contributed by atoms with E-state index >= 15 is 0 Å².